The Labute approximate surface area is 166 Å². The van der Waals surface area contributed by atoms with Gasteiger partial charge < -0.3 is 19.1 Å². The van der Waals surface area contributed by atoms with Crippen molar-refractivity contribution in [2.45, 2.75) is 11.4 Å². The van der Waals surface area contributed by atoms with E-state index in [1.54, 1.807) is 19.2 Å². The maximum Gasteiger partial charge on any atom is 0.247 e. The van der Waals surface area contributed by atoms with Gasteiger partial charge in [-0.2, -0.15) is 4.31 Å². The predicted molar refractivity (Wildman–Crippen MR) is 106 cm³/mol. The largest absolute Gasteiger partial charge is 0.497 e. The summed E-state index contributed by atoms with van der Waals surface area (Å²) in [6.45, 7) is 3.16. The molecule has 0 unspecified atom stereocenters. The van der Waals surface area contributed by atoms with E-state index in [4.69, 9.17) is 14.2 Å². The molecule has 2 aromatic rings. The molecule has 8 heteroatoms. The third kappa shape index (κ3) is 4.24. The number of piperazine rings is 1. The van der Waals surface area contributed by atoms with E-state index in [1.165, 1.54) is 29.5 Å². The highest BCUT2D eigenvalue weighted by Crippen LogP contribution is 2.30. The van der Waals surface area contributed by atoms with Gasteiger partial charge in [0.05, 0.1) is 47.5 Å². The Kier molecular flexibility index (Phi) is 6.43. The lowest BCUT2D eigenvalue weighted by molar-refractivity contribution is -0.917. The Morgan fingerprint density at radius 2 is 1.61 bits per heavy atom. The van der Waals surface area contributed by atoms with Crippen LogP contribution in [0.2, 0.25) is 0 Å². The van der Waals surface area contributed by atoms with Crippen LogP contribution >= 0.6 is 0 Å². The van der Waals surface area contributed by atoms with Crippen molar-refractivity contribution in [1.29, 1.82) is 0 Å². The summed E-state index contributed by atoms with van der Waals surface area (Å²) in [5.74, 6) is 1.68. The normalized spacial score (nSPS) is 16.0. The van der Waals surface area contributed by atoms with Gasteiger partial charge in [-0.25, -0.2) is 8.42 Å². The lowest BCUT2D eigenvalue weighted by atomic mass is 10.2. The maximum absolute atomic E-state index is 13.2. The number of ether oxygens (including phenoxy) is 3. The Morgan fingerprint density at radius 3 is 2.25 bits per heavy atom. The van der Waals surface area contributed by atoms with E-state index >= 15 is 0 Å². The van der Waals surface area contributed by atoms with Crippen molar-refractivity contribution in [3.63, 3.8) is 0 Å². The summed E-state index contributed by atoms with van der Waals surface area (Å²) >= 11 is 0. The first-order chi connectivity index (χ1) is 13.5. The zero-order valence-corrected chi connectivity index (χ0v) is 17.3. The smallest absolute Gasteiger partial charge is 0.247 e. The number of para-hydroxylation sites is 1. The highest BCUT2D eigenvalue weighted by atomic mass is 32.2. The Hall–Kier alpha value is -2.29. The maximum atomic E-state index is 13.2. The fourth-order valence-electron chi connectivity index (χ4n) is 3.46. The summed E-state index contributed by atoms with van der Waals surface area (Å²) in [5, 5.41) is 0. The highest BCUT2D eigenvalue weighted by Gasteiger charge is 2.33. The summed E-state index contributed by atoms with van der Waals surface area (Å²) in [4.78, 5) is 1.47. The number of methoxy groups -OCH3 is 3. The molecule has 1 fully saturated rings. The van der Waals surface area contributed by atoms with E-state index in [9.17, 15) is 8.42 Å². The third-order valence-corrected chi connectivity index (χ3v) is 6.97. The Morgan fingerprint density at radius 1 is 0.929 bits per heavy atom. The standard InChI is InChI=1S/C20H26N2O5S/c1-25-17-8-9-19(27-3)20(14-17)28(23,24)22-12-10-21(11-13-22)15-16-6-4-5-7-18(16)26-2/h4-9,14H,10-13,15H2,1-3H3/p+1. The Bertz CT molecular complexity index is 909. The van der Waals surface area contributed by atoms with Gasteiger partial charge in [0.25, 0.3) is 0 Å². The molecule has 0 radical (unpaired) electrons. The molecule has 0 aliphatic carbocycles. The summed E-state index contributed by atoms with van der Waals surface area (Å²) in [6, 6.07) is 12.8. The van der Waals surface area contributed by atoms with Crippen LogP contribution in [0.3, 0.4) is 0 Å². The summed E-state index contributed by atoms with van der Waals surface area (Å²) in [7, 11) is 0.991. The van der Waals surface area contributed by atoms with Gasteiger partial charge in [-0.15, -0.1) is 0 Å². The van der Waals surface area contributed by atoms with Gasteiger partial charge >= 0.3 is 0 Å². The number of hydrogen-bond donors (Lipinski definition) is 1. The van der Waals surface area contributed by atoms with Crippen LogP contribution in [0.1, 0.15) is 5.56 Å². The van der Waals surface area contributed by atoms with E-state index in [0.29, 0.717) is 24.6 Å². The first kappa shape index (κ1) is 20.4. The fourth-order valence-corrected chi connectivity index (χ4v) is 5.07. The minimum atomic E-state index is -3.66. The molecular formula is C20H27N2O5S+. The predicted octanol–water partition coefficient (Wildman–Crippen LogP) is 0.802. The molecule has 2 aromatic carbocycles. The molecule has 1 aliphatic heterocycles. The van der Waals surface area contributed by atoms with Crippen LogP contribution in [0, 0.1) is 0 Å². The Balaban J connectivity index is 1.72. The average Bonchev–Trinajstić information content (AvgIpc) is 2.74. The molecule has 0 bridgehead atoms. The molecule has 0 atom stereocenters. The highest BCUT2D eigenvalue weighted by molar-refractivity contribution is 7.89. The second kappa shape index (κ2) is 8.81. The van der Waals surface area contributed by atoms with Gasteiger partial charge in [0.1, 0.15) is 28.7 Å². The molecule has 0 saturated carbocycles. The molecule has 0 spiro atoms. The van der Waals surface area contributed by atoms with Crippen LogP contribution in [0.15, 0.2) is 47.4 Å². The van der Waals surface area contributed by atoms with Gasteiger partial charge in [0.15, 0.2) is 0 Å². The van der Waals surface area contributed by atoms with Crippen molar-refractivity contribution < 1.29 is 27.5 Å². The third-order valence-electron chi connectivity index (χ3n) is 5.05. The first-order valence-electron chi connectivity index (χ1n) is 9.17. The van der Waals surface area contributed by atoms with Crippen molar-refractivity contribution in [2.75, 3.05) is 47.5 Å². The van der Waals surface area contributed by atoms with E-state index in [2.05, 4.69) is 6.07 Å². The van der Waals surface area contributed by atoms with Gasteiger partial charge in [0, 0.05) is 11.6 Å². The molecule has 7 nitrogen and oxygen atoms in total. The van der Waals surface area contributed by atoms with Crippen LogP contribution < -0.4 is 19.1 Å². The molecule has 1 heterocycles. The van der Waals surface area contributed by atoms with Crippen LogP contribution in [0.5, 0.6) is 17.2 Å². The van der Waals surface area contributed by atoms with Crippen LogP contribution in [0.4, 0.5) is 0 Å². The molecule has 1 saturated heterocycles. The van der Waals surface area contributed by atoms with Crippen molar-refractivity contribution in [3.8, 4) is 17.2 Å². The van der Waals surface area contributed by atoms with Crippen molar-refractivity contribution >= 4 is 10.0 Å². The quantitative estimate of drug-likeness (QED) is 0.735. The average molecular weight is 408 g/mol. The molecule has 28 heavy (non-hydrogen) atoms. The fraction of sp³-hybridized carbons (Fsp3) is 0.400. The molecule has 1 N–H and O–H groups in total. The molecule has 1 aliphatic rings. The summed E-state index contributed by atoms with van der Waals surface area (Å²) in [6.07, 6.45) is 0. The zero-order chi connectivity index (χ0) is 20.1. The van der Waals surface area contributed by atoms with Crippen molar-refractivity contribution in [3.05, 3.63) is 48.0 Å². The number of hydrogen-bond acceptors (Lipinski definition) is 5. The monoisotopic (exact) mass is 407 g/mol. The number of benzene rings is 2. The van der Waals surface area contributed by atoms with E-state index in [0.717, 1.165) is 30.9 Å². The topological polar surface area (TPSA) is 69.5 Å². The van der Waals surface area contributed by atoms with Crippen LogP contribution in [0.25, 0.3) is 0 Å². The van der Waals surface area contributed by atoms with Crippen LogP contribution in [-0.4, -0.2) is 60.2 Å². The van der Waals surface area contributed by atoms with Crippen molar-refractivity contribution in [2.24, 2.45) is 0 Å². The summed E-state index contributed by atoms with van der Waals surface area (Å²) < 4.78 is 43.7. The van der Waals surface area contributed by atoms with Gasteiger partial charge in [-0.05, 0) is 24.3 Å². The second-order valence-electron chi connectivity index (χ2n) is 6.66. The van der Waals surface area contributed by atoms with E-state index in [-0.39, 0.29) is 4.90 Å². The number of nitrogens with one attached hydrogen (secondary N) is 1. The van der Waals surface area contributed by atoms with E-state index in [1.807, 2.05) is 18.2 Å². The zero-order valence-electron chi connectivity index (χ0n) is 16.5. The van der Waals surface area contributed by atoms with Gasteiger partial charge in [0.2, 0.25) is 10.0 Å². The number of quaternary nitrogens is 1. The van der Waals surface area contributed by atoms with Crippen molar-refractivity contribution in [1.82, 2.24) is 4.31 Å². The lowest BCUT2D eigenvalue weighted by Crippen LogP contribution is -3.13. The minimum Gasteiger partial charge on any atom is -0.497 e. The van der Waals surface area contributed by atoms with E-state index < -0.39 is 10.0 Å². The molecule has 0 aromatic heterocycles. The van der Waals surface area contributed by atoms with Gasteiger partial charge in [-0.1, -0.05) is 12.1 Å². The first-order valence-corrected chi connectivity index (χ1v) is 10.6. The minimum absolute atomic E-state index is 0.141. The molecule has 152 valence electrons. The number of sulfonamides is 1. The molecule has 0 amide bonds. The second-order valence-corrected chi connectivity index (χ2v) is 8.57. The lowest BCUT2D eigenvalue weighted by Gasteiger charge is -2.32. The van der Waals surface area contributed by atoms with Gasteiger partial charge in [-0.3, -0.25) is 0 Å². The molecule has 3 rings (SSSR count). The van der Waals surface area contributed by atoms with Crippen LogP contribution in [-0.2, 0) is 16.6 Å². The SMILES string of the molecule is COc1ccc(OC)c(S(=O)(=O)N2CC[NH+](Cc3ccccc3OC)CC2)c1. The number of rotatable bonds is 7. The number of nitrogens with zero attached hydrogens (tertiary/aromatic N) is 1. The summed E-state index contributed by atoms with van der Waals surface area (Å²) in [5.41, 5.74) is 1.13. The molecular weight excluding hydrogens is 380 g/mol.